The number of aromatic nitrogens is 1. The molecule has 0 saturated carbocycles. The Labute approximate surface area is 79.3 Å². The molecule has 0 radical (unpaired) electrons. The van der Waals surface area contributed by atoms with E-state index in [0.717, 1.165) is 19.4 Å². The van der Waals surface area contributed by atoms with Gasteiger partial charge in [-0.1, -0.05) is 0 Å². The Balaban J connectivity index is 3.13. The van der Waals surface area contributed by atoms with Crippen LogP contribution in [0.1, 0.15) is 10.4 Å². The van der Waals surface area contributed by atoms with Crippen LogP contribution in [0.4, 0.5) is 4.39 Å². The first-order valence-corrected chi connectivity index (χ1v) is 3.66. The standard InChI is InChI=1S/C7H7BFNO4/c1-14-7(11)4-2-5(8(12)13)6(9)10-3-4/h2-3,12-13H,1H3. The van der Waals surface area contributed by atoms with Crippen LogP contribution in [0.25, 0.3) is 0 Å². The van der Waals surface area contributed by atoms with E-state index in [-0.39, 0.29) is 5.56 Å². The van der Waals surface area contributed by atoms with Gasteiger partial charge < -0.3 is 14.8 Å². The molecule has 0 atom stereocenters. The highest BCUT2D eigenvalue weighted by atomic mass is 19.1. The molecule has 0 spiro atoms. The minimum Gasteiger partial charge on any atom is -0.465 e. The highest BCUT2D eigenvalue weighted by Gasteiger charge is 2.20. The number of carbonyl (C=O) groups is 1. The van der Waals surface area contributed by atoms with Crippen LogP contribution in [0.3, 0.4) is 0 Å². The minimum atomic E-state index is -2.01. The van der Waals surface area contributed by atoms with E-state index in [4.69, 9.17) is 10.0 Å². The molecule has 7 heteroatoms. The van der Waals surface area contributed by atoms with Gasteiger partial charge in [0.1, 0.15) is 0 Å². The molecule has 0 aliphatic carbocycles. The van der Waals surface area contributed by atoms with Crippen LogP contribution in [-0.2, 0) is 4.74 Å². The minimum absolute atomic E-state index is 0.0444. The summed E-state index contributed by atoms with van der Waals surface area (Å²) in [5.41, 5.74) is -0.509. The van der Waals surface area contributed by atoms with Crippen molar-refractivity contribution in [1.82, 2.24) is 4.98 Å². The van der Waals surface area contributed by atoms with Crippen LogP contribution in [0.15, 0.2) is 12.3 Å². The zero-order valence-corrected chi connectivity index (χ0v) is 7.27. The predicted molar refractivity (Wildman–Crippen MR) is 45.4 cm³/mol. The van der Waals surface area contributed by atoms with E-state index in [1.165, 1.54) is 0 Å². The highest BCUT2D eigenvalue weighted by molar-refractivity contribution is 6.58. The fraction of sp³-hybridized carbons (Fsp3) is 0.143. The van der Waals surface area contributed by atoms with Crippen molar-refractivity contribution in [3.63, 3.8) is 0 Å². The lowest BCUT2D eigenvalue weighted by atomic mass is 9.80. The molecular formula is C7H7BFNO4. The number of halogens is 1. The molecule has 0 aliphatic heterocycles. The van der Waals surface area contributed by atoms with Crippen LogP contribution in [0.2, 0.25) is 0 Å². The Morgan fingerprint density at radius 2 is 2.29 bits per heavy atom. The largest absolute Gasteiger partial charge is 0.493 e. The van der Waals surface area contributed by atoms with Crippen LogP contribution >= 0.6 is 0 Å². The molecule has 2 N–H and O–H groups in total. The van der Waals surface area contributed by atoms with Crippen LogP contribution < -0.4 is 5.46 Å². The predicted octanol–water partition coefficient (Wildman–Crippen LogP) is -1.31. The number of hydrogen-bond donors (Lipinski definition) is 2. The molecule has 1 rings (SSSR count). The van der Waals surface area contributed by atoms with E-state index in [1.54, 1.807) is 0 Å². The van der Waals surface area contributed by atoms with Gasteiger partial charge in [0.15, 0.2) is 0 Å². The first-order chi connectivity index (χ1) is 6.56. The summed E-state index contributed by atoms with van der Waals surface area (Å²) in [5.74, 6) is -1.76. The molecule has 1 aromatic rings. The van der Waals surface area contributed by atoms with Crippen molar-refractivity contribution in [2.75, 3.05) is 7.11 Å². The molecule has 0 bridgehead atoms. The van der Waals surface area contributed by atoms with Crippen molar-refractivity contribution < 1.29 is 24.0 Å². The van der Waals surface area contributed by atoms with Gasteiger partial charge in [-0.05, 0) is 6.07 Å². The van der Waals surface area contributed by atoms with E-state index in [2.05, 4.69) is 9.72 Å². The summed E-state index contributed by atoms with van der Waals surface area (Å²) in [6, 6.07) is 0.971. The van der Waals surface area contributed by atoms with Gasteiger partial charge in [-0.25, -0.2) is 9.78 Å². The first-order valence-electron chi connectivity index (χ1n) is 3.66. The number of hydrogen-bond acceptors (Lipinski definition) is 5. The van der Waals surface area contributed by atoms with E-state index in [1.807, 2.05) is 0 Å². The van der Waals surface area contributed by atoms with Crippen molar-refractivity contribution in [2.45, 2.75) is 0 Å². The topological polar surface area (TPSA) is 79.7 Å². The van der Waals surface area contributed by atoms with Gasteiger partial charge in [0, 0.05) is 11.7 Å². The Kier molecular flexibility index (Phi) is 3.16. The fourth-order valence-electron chi connectivity index (χ4n) is 0.876. The monoisotopic (exact) mass is 199 g/mol. The molecule has 1 heterocycles. The zero-order chi connectivity index (χ0) is 10.7. The van der Waals surface area contributed by atoms with Crippen molar-refractivity contribution in [3.8, 4) is 0 Å². The summed E-state index contributed by atoms with van der Waals surface area (Å²) in [5, 5.41) is 17.4. The first kappa shape index (κ1) is 10.6. The maximum atomic E-state index is 12.8. The second-order valence-electron chi connectivity index (χ2n) is 2.47. The molecule has 74 valence electrons. The third-order valence-corrected chi connectivity index (χ3v) is 1.57. The molecule has 0 aromatic carbocycles. The number of rotatable bonds is 2. The Hall–Kier alpha value is -1.47. The summed E-state index contributed by atoms with van der Waals surface area (Å²) in [6.45, 7) is 0. The smallest absolute Gasteiger partial charge is 0.465 e. The van der Waals surface area contributed by atoms with E-state index in [0.29, 0.717) is 0 Å². The molecule has 1 aromatic heterocycles. The van der Waals surface area contributed by atoms with E-state index < -0.39 is 24.5 Å². The lowest BCUT2D eigenvalue weighted by Crippen LogP contribution is -2.34. The third-order valence-electron chi connectivity index (χ3n) is 1.57. The fourth-order valence-corrected chi connectivity index (χ4v) is 0.876. The van der Waals surface area contributed by atoms with Crippen LogP contribution in [0.5, 0.6) is 0 Å². The lowest BCUT2D eigenvalue weighted by molar-refractivity contribution is 0.0600. The second-order valence-corrected chi connectivity index (χ2v) is 2.47. The molecule has 14 heavy (non-hydrogen) atoms. The van der Waals surface area contributed by atoms with Gasteiger partial charge in [0.25, 0.3) is 0 Å². The average Bonchev–Trinajstić information content (AvgIpc) is 2.17. The third kappa shape index (κ3) is 2.07. The van der Waals surface area contributed by atoms with Gasteiger partial charge in [0.2, 0.25) is 5.95 Å². The van der Waals surface area contributed by atoms with Gasteiger partial charge in [-0.2, -0.15) is 4.39 Å². The molecule has 0 fully saturated rings. The number of methoxy groups -OCH3 is 1. The maximum absolute atomic E-state index is 12.8. The van der Waals surface area contributed by atoms with Gasteiger partial charge in [0.05, 0.1) is 12.7 Å². The van der Waals surface area contributed by atoms with E-state index in [9.17, 15) is 9.18 Å². The summed E-state index contributed by atoms with van der Waals surface area (Å²) < 4.78 is 17.2. The Bertz CT molecular complexity index is 358. The zero-order valence-electron chi connectivity index (χ0n) is 7.27. The summed E-state index contributed by atoms with van der Waals surface area (Å²) in [4.78, 5) is 14.1. The van der Waals surface area contributed by atoms with Crippen molar-refractivity contribution in [3.05, 3.63) is 23.8 Å². The molecule has 0 unspecified atom stereocenters. The molecule has 0 aliphatic rings. The summed E-state index contributed by atoms with van der Waals surface area (Å²) >= 11 is 0. The number of carbonyl (C=O) groups excluding carboxylic acids is 1. The molecule has 0 amide bonds. The summed E-state index contributed by atoms with van der Waals surface area (Å²) in [7, 11) is -0.854. The lowest BCUT2D eigenvalue weighted by Gasteiger charge is -2.03. The van der Waals surface area contributed by atoms with Crippen molar-refractivity contribution >= 4 is 18.6 Å². The van der Waals surface area contributed by atoms with Crippen LogP contribution in [-0.4, -0.2) is 35.2 Å². The van der Waals surface area contributed by atoms with Crippen molar-refractivity contribution in [2.24, 2.45) is 0 Å². The number of pyridine rings is 1. The number of ether oxygens (including phenoxy) is 1. The Morgan fingerprint density at radius 1 is 1.64 bits per heavy atom. The quantitative estimate of drug-likeness (QED) is 0.351. The van der Waals surface area contributed by atoms with Crippen LogP contribution in [0, 0.1) is 5.95 Å². The second kappa shape index (κ2) is 4.16. The molecular weight excluding hydrogens is 192 g/mol. The number of esters is 1. The molecule has 5 nitrogen and oxygen atoms in total. The van der Waals surface area contributed by atoms with Gasteiger partial charge in [-0.15, -0.1) is 0 Å². The normalized spacial score (nSPS) is 9.71. The SMILES string of the molecule is COC(=O)c1cnc(F)c(B(O)O)c1. The number of nitrogens with zero attached hydrogens (tertiary/aromatic N) is 1. The Morgan fingerprint density at radius 3 is 2.79 bits per heavy atom. The highest BCUT2D eigenvalue weighted by Crippen LogP contribution is 1.99. The van der Waals surface area contributed by atoms with E-state index >= 15 is 0 Å². The van der Waals surface area contributed by atoms with Crippen molar-refractivity contribution in [1.29, 1.82) is 0 Å². The summed E-state index contributed by atoms with van der Waals surface area (Å²) in [6.07, 6.45) is 0.951. The van der Waals surface area contributed by atoms with Gasteiger partial charge >= 0.3 is 13.1 Å². The maximum Gasteiger partial charge on any atom is 0.493 e. The average molecular weight is 199 g/mol. The molecule has 0 saturated heterocycles. The van der Waals surface area contributed by atoms with Gasteiger partial charge in [-0.3, -0.25) is 0 Å².